The fourth-order valence-corrected chi connectivity index (χ4v) is 1.97. The molecule has 8 nitrogen and oxygen atoms in total. The summed E-state index contributed by atoms with van der Waals surface area (Å²) in [6.07, 6.45) is -0.981. The lowest BCUT2D eigenvalue weighted by Gasteiger charge is -2.16. The van der Waals surface area contributed by atoms with Crippen molar-refractivity contribution in [3.8, 4) is 11.5 Å². The Morgan fingerprint density at radius 3 is 2.48 bits per heavy atom. The van der Waals surface area contributed by atoms with Crippen LogP contribution in [0.25, 0.3) is 0 Å². The number of ether oxygens (including phenoxy) is 2. The number of nitrogens with one attached hydrogen (secondary N) is 1. The first-order valence-corrected chi connectivity index (χ1v) is 6.96. The Hall–Kier alpha value is -2.32. The molecule has 128 valence electrons. The second-order valence-corrected chi connectivity index (χ2v) is 4.80. The first kappa shape index (κ1) is 18.7. The van der Waals surface area contributed by atoms with E-state index in [1.54, 1.807) is 18.2 Å². The molecule has 0 fully saturated rings. The average molecular weight is 327 g/mol. The second kappa shape index (κ2) is 8.96. The van der Waals surface area contributed by atoms with E-state index in [1.807, 2.05) is 0 Å². The number of carboxylic acid groups (broad SMARTS) is 1. The number of carbonyl (C=O) groups excluding carboxylic acids is 1. The topological polar surface area (TPSA) is 125 Å². The lowest BCUT2D eigenvalue weighted by atomic mass is 10.0. The van der Waals surface area contributed by atoms with E-state index >= 15 is 0 Å². The number of methoxy groups -OCH3 is 2. The number of hydrogen-bond acceptors (Lipinski definition) is 6. The minimum absolute atomic E-state index is 0.0757. The zero-order valence-corrected chi connectivity index (χ0v) is 13.0. The Morgan fingerprint density at radius 2 is 1.96 bits per heavy atom. The number of carbonyl (C=O) groups is 2. The maximum Gasteiger partial charge on any atom is 0.328 e. The van der Waals surface area contributed by atoms with E-state index in [9.17, 15) is 14.7 Å². The van der Waals surface area contributed by atoms with Crippen LogP contribution in [0.3, 0.4) is 0 Å². The molecule has 0 aliphatic carbocycles. The van der Waals surface area contributed by atoms with Gasteiger partial charge in [-0.3, -0.25) is 4.79 Å². The van der Waals surface area contributed by atoms with Gasteiger partial charge in [-0.1, -0.05) is 0 Å². The van der Waals surface area contributed by atoms with Gasteiger partial charge in [0.05, 0.1) is 26.9 Å². The molecule has 2 unspecified atom stereocenters. The van der Waals surface area contributed by atoms with Gasteiger partial charge in [0.15, 0.2) is 0 Å². The Kier molecular flexibility index (Phi) is 7.30. The van der Waals surface area contributed by atoms with E-state index in [4.69, 9.17) is 19.7 Å². The van der Waals surface area contributed by atoms with Crippen LogP contribution in [0.15, 0.2) is 18.2 Å². The fourth-order valence-electron chi connectivity index (χ4n) is 1.97. The molecule has 0 saturated heterocycles. The van der Waals surface area contributed by atoms with Crippen molar-refractivity contribution in [1.82, 2.24) is 5.32 Å². The maximum absolute atomic E-state index is 11.7. The van der Waals surface area contributed by atoms with Crippen LogP contribution in [0.5, 0.6) is 11.5 Å². The highest BCUT2D eigenvalue weighted by atomic mass is 16.5. The van der Waals surface area contributed by atoms with E-state index in [2.05, 4.69) is 5.32 Å². The molecular weight excluding hydrogens is 306 g/mol. The molecule has 0 saturated carbocycles. The van der Waals surface area contributed by atoms with Gasteiger partial charge < -0.3 is 30.1 Å². The molecule has 0 heterocycles. The molecule has 23 heavy (non-hydrogen) atoms. The maximum atomic E-state index is 11.7. The Labute approximate surface area is 133 Å². The lowest BCUT2D eigenvalue weighted by molar-refractivity contribution is -0.143. The van der Waals surface area contributed by atoms with Gasteiger partial charge in [0, 0.05) is 18.1 Å². The standard InChI is InChI=1S/C15H21NO7/c1-22-9-3-4-10(13(7-9)23-2)12(18)5-6-14(19)16-11(8-17)15(20)21/h3-4,7,11-12,17-18H,5-6,8H2,1-2H3,(H,16,19)(H,20,21). The summed E-state index contributed by atoms with van der Waals surface area (Å²) in [4.78, 5) is 22.4. The Balaban J connectivity index is 2.64. The van der Waals surface area contributed by atoms with E-state index in [-0.39, 0.29) is 12.8 Å². The molecule has 0 radical (unpaired) electrons. The molecule has 2 atom stereocenters. The summed E-state index contributed by atoms with van der Waals surface area (Å²) in [7, 11) is 2.96. The van der Waals surface area contributed by atoms with Crippen molar-refractivity contribution in [2.45, 2.75) is 25.0 Å². The van der Waals surface area contributed by atoms with Gasteiger partial charge in [0.25, 0.3) is 0 Å². The highest BCUT2D eigenvalue weighted by Gasteiger charge is 2.20. The van der Waals surface area contributed by atoms with Crippen molar-refractivity contribution in [2.24, 2.45) is 0 Å². The quantitative estimate of drug-likeness (QED) is 0.506. The molecule has 1 amide bonds. The number of amides is 1. The minimum atomic E-state index is -1.35. The highest BCUT2D eigenvalue weighted by molar-refractivity contribution is 5.83. The monoisotopic (exact) mass is 327 g/mol. The third-order valence-electron chi connectivity index (χ3n) is 3.26. The number of aliphatic hydroxyl groups excluding tert-OH is 2. The first-order chi connectivity index (χ1) is 10.9. The summed E-state index contributed by atoms with van der Waals surface area (Å²) >= 11 is 0. The van der Waals surface area contributed by atoms with Crippen molar-refractivity contribution in [3.63, 3.8) is 0 Å². The van der Waals surface area contributed by atoms with Crippen LogP contribution in [0.2, 0.25) is 0 Å². The zero-order valence-electron chi connectivity index (χ0n) is 13.0. The summed E-state index contributed by atoms with van der Waals surface area (Å²) in [6.45, 7) is -0.698. The Morgan fingerprint density at radius 1 is 1.26 bits per heavy atom. The van der Waals surface area contributed by atoms with Crippen LogP contribution in [0.1, 0.15) is 24.5 Å². The van der Waals surface area contributed by atoms with Crippen LogP contribution < -0.4 is 14.8 Å². The predicted molar refractivity (Wildman–Crippen MR) is 80.4 cm³/mol. The van der Waals surface area contributed by atoms with Gasteiger partial charge in [-0.05, 0) is 18.6 Å². The van der Waals surface area contributed by atoms with E-state index in [0.29, 0.717) is 17.1 Å². The summed E-state index contributed by atoms with van der Waals surface area (Å²) in [5.74, 6) is -0.894. The number of rotatable bonds is 9. The SMILES string of the molecule is COc1ccc(C(O)CCC(=O)NC(CO)C(=O)O)c(OC)c1. The minimum Gasteiger partial charge on any atom is -0.497 e. The lowest BCUT2D eigenvalue weighted by Crippen LogP contribution is -2.43. The fraction of sp³-hybridized carbons (Fsp3) is 0.467. The van der Waals surface area contributed by atoms with Crippen molar-refractivity contribution in [1.29, 1.82) is 0 Å². The largest absolute Gasteiger partial charge is 0.497 e. The summed E-state index contributed by atoms with van der Waals surface area (Å²) in [6, 6.07) is 3.56. The second-order valence-electron chi connectivity index (χ2n) is 4.80. The van der Waals surface area contributed by atoms with Crippen LogP contribution in [-0.4, -0.2) is 54.1 Å². The molecule has 1 rings (SSSR count). The molecule has 4 N–H and O–H groups in total. The summed E-state index contributed by atoms with van der Waals surface area (Å²) in [5.41, 5.74) is 0.498. The normalized spacial score (nSPS) is 13.0. The van der Waals surface area contributed by atoms with Crippen molar-refractivity contribution in [2.75, 3.05) is 20.8 Å². The van der Waals surface area contributed by atoms with Crippen LogP contribution >= 0.6 is 0 Å². The highest BCUT2D eigenvalue weighted by Crippen LogP contribution is 2.31. The smallest absolute Gasteiger partial charge is 0.328 e. The predicted octanol–water partition coefficient (Wildman–Crippen LogP) is 0.0791. The van der Waals surface area contributed by atoms with Gasteiger partial charge >= 0.3 is 5.97 Å². The number of benzene rings is 1. The molecule has 1 aromatic rings. The first-order valence-electron chi connectivity index (χ1n) is 6.96. The van der Waals surface area contributed by atoms with E-state index < -0.39 is 30.6 Å². The summed E-state index contributed by atoms with van der Waals surface area (Å²) < 4.78 is 10.2. The molecule has 1 aromatic carbocycles. The van der Waals surface area contributed by atoms with Gasteiger partial charge in [0.1, 0.15) is 17.5 Å². The van der Waals surface area contributed by atoms with Crippen LogP contribution in [0.4, 0.5) is 0 Å². The van der Waals surface area contributed by atoms with Crippen molar-refractivity contribution >= 4 is 11.9 Å². The molecule has 0 aromatic heterocycles. The number of aliphatic hydroxyl groups is 2. The number of hydrogen-bond donors (Lipinski definition) is 4. The number of carboxylic acids is 1. The summed E-state index contributed by atoms with van der Waals surface area (Å²) in [5, 5.41) is 29.9. The average Bonchev–Trinajstić information content (AvgIpc) is 2.56. The molecule has 0 aliphatic rings. The van der Waals surface area contributed by atoms with E-state index in [1.165, 1.54) is 14.2 Å². The molecule has 8 heteroatoms. The zero-order chi connectivity index (χ0) is 17.4. The van der Waals surface area contributed by atoms with E-state index in [0.717, 1.165) is 0 Å². The van der Waals surface area contributed by atoms with Crippen LogP contribution in [0, 0.1) is 0 Å². The third kappa shape index (κ3) is 5.42. The van der Waals surface area contributed by atoms with Crippen molar-refractivity contribution < 1.29 is 34.4 Å². The van der Waals surface area contributed by atoms with Gasteiger partial charge in [0.2, 0.25) is 5.91 Å². The molecule has 0 aliphatic heterocycles. The molecular formula is C15H21NO7. The van der Waals surface area contributed by atoms with Crippen LogP contribution in [-0.2, 0) is 9.59 Å². The molecule has 0 spiro atoms. The Bertz CT molecular complexity index is 547. The van der Waals surface area contributed by atoms with Gasteiger partial charge in [-0.15, -0.1) is 0 Å². The third-order valence-corrected chi connectivity index (χ3v) is 3.26. The van der Waals surface area contributed by atoms with Gasteiger partial charge in [-0.2, -0.15) is 0 Å². The van der Waals surface area contributed by atoms with Gasteiger partial charge in [-0.25, -0.2) is 4.79 Å². The molecule has 0 bridgehead atoms. The van der Waals surface area contributed by atoms with Crippen molar-refractivity contribution in [3.05, 3.63) is 23.8 Å². The number of aliphatic carboxylic acids is 1.